The summed E-state index contributed by atoms with van der Waals surface area (Å²) in [7, 11) is -2.93. The predicted molar refractivity (Wildman–Crippen MR) is 55.3 cm³/mol. The minimum Gasteiger partial charge on any atom is -0.367 e. The summed E-state index contributed by atoms with van der Waals surface area (Å²) in [6, 6.07) is 1.41. The van der Waals surface area contributed by atoms with Crippen molar-refractivity contribution in [2.45, 2.75) is 12.5 Å². The van der Waals surface area contributed by atoms with Gasteiger partial charge in [-0.15, -0.1) is 0 Å². The van der Waals surface area contributed by atoms with Crippen molar-refractivity contribution in [2.24, 2.45) is 0 Å². The molecule has 0 spiro atoms. The average Bonchev–Trinajstić information content (AvgIpc) is 2.74. The van der Waals surface area contributed by atoms with E-state index in [2.05, 4.69) is 10.3 Å². The van der Waals surface area contributed by atoms with Crippen molar-refractivity contribution in [3.63, 3.8) is 0 Å². The molecular weight excluding hydrogens is 216 g/mol. The second-order valence-corrected chi connectivity index (χ2v) is 5.90. The van der Waals surface area contributed by atoms with E-state index in [4.69, 9.17) is 0 Å². The van der Waals surface area contributed by atoms with Gasteiger partial charge in [-0.05, 0) is 12.5 Å². The molecule has 0 bridgehead atoms. The zero-order valence-corrected chi connectivity index (χ0v) is 8.88. The second-order valence-electron chi connectivity index (χ2n) is 3.67. The largest absolute Gasteiger partial charge is 0.367 e. The van der Waals surface area contributed by atoms with Gasteiger partial charge in [-0.1, -0.05) is 0 Å². The van der Waals surface area contributed by atoms with Crippen LogP contribution in [0.5, 0.6) is 0 Å². The monoisotopic (exact) mass is 228 g/mol. The fraction of sp³-hybridized carbons (Fsp3) is 0.444. The molecular formula is C9H12N2O3S. The van der Waals surface area contributed by atoms with Crippen molar-refractivity contribution in [1.82, 2.24) is 10.3 Å². The lowest BCUT2D eigenvalue weighted by atomic mass is 10.2. The Balaban J connectivity index is 1.97. The Morgan fingerprint density at radius 3 is 2.87 bits per heavy atom. The summed E-state index contributed by atoms with van der Waals surface area (Å²) in [4.78, 5) is 14.3. The standard InChI is InChI=1S/C9H12N2O3S/c12-9(7-1-3-10-5-7)11-8-2-4-15(13,14)6-8/h1,3,5,8,10H,2,4,6H2,(H,11,12). The van der Waals surface area contributed by atoms with Crippen LogP contribution in [0.1, 0.15) is 16.8 Å². The summed E-state index contributed by atoms with van der Waals surface area (Å²) in [6.07, 6.45) is 3.75. The Bertz CT molecular complexity index is 450. The Morgan fingerprint density at radius 1 is 1.53 bits per heavy atom. The summed E-state index contributed by atoms with van der Waals surface area (Å²) in [5.41, 5.74) is 0.527. The number of H-pyrrole nitrogens is 1. The highest BCUT2D eigenvalue weighted by Gasteiger charge is 2.29. The van der Waals surface area contributed by atoms with Crippen LogP contribution in [0.15, 0.2) is 18.5 Å². The number of hydrogen-bond donors (Lipinski definition) is 2. The number of sulfone groups is 1. The van der Waals surface area contributed by atoms with E-state index >= 15 is 0 Å². The quantitative estimate of drug-likeness (QED) is 0.743. The Hall–Kier alpha value is -1.30. The molecule has 1 atom stereocenters. The number of amides is 1. The van der Waals surface area contributed by atoms with Gasteiger partial charge < -0.3 is 10.3 Å². The average molecular weight is 228 g/mol. The van der Waals surface area contributed by atoms with Crippen LogP contribution in [-0.4, -0.2) is 36.9 Å². The van der Waals surface area contributed by atoms with Crippen LogP contribution in [0, 0.1) is 0 Å². The fourth-order valence-corrected chi connectivity index (χ4v) is 3.32. The van der Waals surface area contributed by atoms with E-state index in [1.165, 1.54) is 0 Å². The first-order chi connectivity index (χ1) is 7.07. The van der Waals surface area contributed by atoms with Crippen LogP contribution < -0.4 is 5.32 Å². The van der Waals surface area contributed by atoms with Gasteiger partial charge in [0.2, 0.25) is 0 Å². The number of nitrogens with one attached hydrogen (secondary N) is 2. The van der Waals surface area contributed by atoms with Crippen molar-refractivity contribution in [2.75, 3.05) is 11.5 Å². The molecule has 1 fully saturated rings. The number of rotatable bonds is 2. The molecule has 0 aromatic carbocycles. The van der Waals surface area contributed by atoms with Crippen LogP contribution in [0.2, 0.25) is 0 Å². The Kier molecular flexibility index (Phi) is 2.52. The molecule has 15 heavy (non-hydrogen) atoms. The van der Waals surface area contributed by atoms with E-state index in [0.29, 0.717) is 12.0 Å². The van der Waals surface area contributed by atoms with Gasteiger partial charge in [0.25, 0.3) is 5.91 Å². The number of carbonyl (C=O) groups is 1. The smallest absolute Gasteiger partial charge is 0.253 e. The highest BCUT2D eigenvalue weighted by molar-refractivity contribution is 7.91. The van der Waals surface area contributed by atoms with E-state index in [9.17, 15) is 13.2 Å². The summed E-state index contributed by atoms with van der Waals surface area (Å²) < 4.78 is 22.3. The molecule has 1 unspecified atom stereocenters. The van der Waals surface area contributed by atoms with Crippen LogP contribution in [0.3, 0.4) is 0 Å². The fourth-order valence-electron chi connectivity index (χ4n) is 1.64. The third kappa shape index (κ3) is 2.38. The lowest BCUT2D eigenvalue weighted by Gasteiger charge is -2.09. The van der Waals surface area contributed by atoms with E-state index < -0.39 is 9.84 Å². The highest BCUT2D eigenvalue weighted by atomic mass is 32.2. The molecule has 0 saturated carbocycles. The van der Waals surface area contributed by atoms with Crippen LogP contribution in [0.4, 0.5) is 0 Å². The molecule has 1 aromatic rings. The molecule has 0 radical (unpaired) electrons. The van der Waals surface area contributed by atoms with Gasteiger partial charge in [0, 0.05) is 18.4 Å². The molecule has 6 heteroatoms. The topological polar surface area (TPSA) is 79.0 Å². The molecule has 0 aliphatic carbocycles. The maximum Gasteiger partial charge on any atom is 0.253 e. The van der Waals surface area contributed by atoms with Gasteiger partial charge in [-0.2, -0.15) is 0 Å². The molecule has 82 valence electrons. The summed E-state index contributed by atoms with van der Waals surface area (Å²) >= 11 is 0. The molecule has 2 rings (SSSR count). The Morgan fingerprint density at radius 2 is 2.33 bits per heavy atom. The van der Waals surface area contributed by atoms with Crippen molar-refractivity contribution in [3.8, 4) is 0 Å². The molecule has 1 saturated heterocycles. The second kappa shape index (κ2) is 3.69. The van der Waals surface area contributed by atoms with Crippen molar-refractivity contribution >= 4 is 15.7 Å². The lowest BCUT2D eigenvalue weighted by molar-refractivity contribution is 0.0941. The van der Waals surface area contributed by atoms with Gasteiger partial charge >= 0.3 is 0 Å². The Labute approximate surface area is 87.8 Å². The first-order valence-electron chi connectivity index (χ1n) is 4.71. The van der Waals surface area contributed by atoms with Gasteiger partial charge in [0.15, 0.2) is 9.84 Å². The zero-order chi connectivity index (χ0) is 10.9. The van der Waals surface area contributed by atoms with Crippen molar-refractivity contribution in [3.05, 3.63) is 24.0 Å². The van der Waals surface area contributed by atoms with E-state index in [-0.39, 0.29) is 23.5 Å². The molecule has 2 heterocycles. The number of carbonyl (C=O) groups excluding carboxylic acids is 1. The molecule has 1 amide bonds. The SMILES string of the molecule is O=C(NC1CCS(=O)(=O)C1)c1cc[nH]c1. The van der Waals surface area contributed by atoms with Gasteiger partial charge in [0.05, 0.1) is 17.1 Å². The minimum atomic E-state index is -2.93. The molecule has 5 nitrogen and oxygen atoms in total. The van der Waals surface area contributed by atoms with Gasteiger partial charge in [-0.25, -0.2) is 8.42 Å². The summed E-state index contributed by atoms with van der Waals surface area (Å²) in [5.74, 6) is 0.00665. The van der Waals surface area contributed by atoms with Gasteiger partial charge in [0.1, 0.15) is 0 Å². The number of aromatic nitrogens is 1. The van der Waals surface area contributed by atoms with Crippen LogP contribution >= 0.6 is 0 Å². The zero-order valence-electron chi connectivity index (χ0n) is 8.06. The highest BCUT2D eigenvalue weighted by Crippen LogP contribution is 2.11. The van der Waals surface area contributed by atoms with Crippen LogP contribution in [-0.2, 0) is 9.84 Å². The first kappa shape index (κ1) is 10.2. The number of hydrogen-bond acceptors (Lipinski definition) is 3. The third-order valence-corrected chi connectivity index (χ3v) is 4.20. The van der Waals surface area contributed by atoms with E-state index in [1.807, 2.05) is 0 Å². The van der Waals surface area contributed by atoms with Crippen molar-refractivity contribution < 1.29 is 13.2 Å². The summed E-state index contributed by atoms with van der Waals surface area (Å²) in [5, 5.41) is 2.70. The third-order valence-electron chi connectivity index (χ3n) is 2.43. The molecule has 2 N–H and O–H groups in total. The van der Waals surface area contributed by atoms with Crippen LogP contribution in [0.25, 0.3) is 0 Å². The summed E-state index contributed by atoms with van der Waals surface area (Å²) in [6.45, 7) is 0. The van der Waals surface area contributed by atoms with E-state index in [0.717, 1.165) is 0 Å². The lowest BCUT2D eigenvalue weighted by Crippen LogP contribution is -2.35. The maximum atomic E-state index is 11.5. The van der Waals surface area contributed by atoms with E-state index in [1.54, 1.807) is 18.5 Å². The molecule has 1 aliphatic rings. The van der Waals surface area contributed by atoms with Gasteiger partial charge in [-0.3, -0.25) is 4.79 Å². The number of aromatic amines is 1. The minimum absolute atomic E-state index is 0.0587. The normalized spacial score (nSPS) is 23.9. The maximum absolute atomic E-state index is 11.5. The predicted octanol–water partition coefficient (Wildman–Crippen LogP) is -0.0684. The molecule has 1 aromatic heterocycles. The molecule has 1 aliphatic heterocycles. The van der Waals surface area contributed by atoms with Crippen molar-refractivity contribution in [1.29, 1.82) is 0 Å². The first-order valence-corrected chi connectivity index (χ1v) is 6.53.